The monoisotopic (exact) mass is 310 g/mol. The number of aliphatic carboxylic acids is 1. The molecule has 0 aromatic heterocycles. The Morgan fingerprint density at radius 1 is 1.43 bits per heavy atom. The van der Waals surface area contributed by atoms with Gasteiger partial charge >= 0.3 is 5.97 Å². The number of carbonyl (C=O) groups excluding carboxylic acids is 2. The molecule has 0 radical (unpaired) electrons. The number of carboxylic acid groups (broad SMARTS) is 1. The summed E-state index contributed by atoms with van der Waals surface area (Å²) < 4.78 is 0. The summed E-state index contributed by atoms with van der Waals surface area (Å²) in [7, 11) is 0. The van der Waals surface area contributed by atoms with Crippen molar-refractivity contribution in [1.29, 1.82) is 0 Å². The van der Waals surface area contributed by atoms with Gasteiger partial charge in [0.05, 0.1) is 11.4 Å². The van der Waals surface area contributed by atoms with Crippen molar-refractivity contribution >= 4 is 35.2 Å². The molecule has 112 valence electrons. The molecule has 0 unspecified atom stereocenters. The quantitative estimate of drug-likeness (QED) is 0.621. The molecule has 1 aromatic carbocycles. The lowest BCUT2D eigenvalue weighted by Crippen LogP contribution is -2.41. The number of benzene rings is 1. The van der Waals surface area contributed by atoms with Crippen LogP contribution < -0.4 is 10.6 Å². The summed E-state index contributed by atoms with van der Waals surface area (Å²) in [6.45, 7) is -0.339. The number of nitrogens with one attached hydrogen (secondary N) is 2. The summed E-state index contributed by atoms with van der Waals surface area (Å²) >= 11 is 1.37. The molecule has 21 heavy (non-hydrogen) atoms. The number of fused-ring (bicyclic) bond motifs is 1. The molecule has 1 aliphatic rings. The van der Waals surface area contributed by atoms with Crippen LogP contribution in [0.3, 0.4) is 0 Å². The summed E-state index contributed by atoms with van der Waals surface area (Å²) in [4.78, 5) is 35.2. The van der Waals surface area contributed by atoms with Crippen LogP contribution in [-0.4, -0.2) is 46.4 Å². The topological polar surface area (TPSA) is 116 Å². The molecule has 7 nitrogen and oxygen atoms in total. The van der Waals surface area contributed by atoms with E-state index in [0.717, 1.165) is 4.90 Å². The third kappa shape index (κ3) is 3.73. The molecule has 0 spiro atoms. The van der Waals surface area contributed by atoms with Crippen LogP contribution in [0, 0.1) is 0 Å². The Labute approximate surface area is 124 Å². The van der Waals surface area contributed by atoms with E-state index in [9.17, 15) is 14.4 Å². The zero-order valence-corrected chi connectivity index (χ0v) is 11.8. The summed E-state index contributed by atoms with van der Waals surface area (Å²) in [6.07, 6.45) is -0.0708. The molecule has 1 aliphatic heterocycles. The molecule has 0 aliphatic carbocycles. The van der Waals surface area contributed by atoms with Gasteiger partial charge in [-0.15, -0.1) is 11.8 Å². The van der Waals surface area contributed by atoms with E-state index in [4.69, 9.17) is 10.2 Å². The smallest absolute Gasteiger partial charge is 0.326 e. The predicted molar refractivity (Wildman–Crippen MR) is 76.4 cm³/mol. The van der Waals surface area contributed by atoms with Gasteiger partial charge in [-0.3, -0.25) is 9.59 Å². The van der Waals surface area contributed by atoms with Crippen LogP contribution in [0.4, 0.5) is 5.69 Å². The second-order valence-corrected chi connectivity index (χ2v) is 5.44. The minimum absolute atomic E-state index is 0.0708. The highest BCUT2D eigenvalue weighted by Crippen LogP contribution is 2.31. The molecule has 1 atom stereocenters. The maximum absolute atomic E-state index is 12.0. The zero-order chi connectivity index (χ0) is 15.4. The van der Waals surface area contributed by atoms with Gasteiger partial charge in [-0.1, -0.05) is 0 Å². The van der Waals surface area contributed by atoms with Gasteiger partial charge in [0.1, 0.15) is 6.04 Å². The molecular formula is C13H14N2O5S. The number of rotatable bonds is 5. The second kappa shape index (κ2) is 6.59. The van der Waals surface area contributed by atoms with Crippen molar-refractivity contribution in [2.45, 2.75) is 17.4 Å². The van der Waals surface area contributed by atoms with Crippen LogP contribution in [0.25, 0.3) is 0 Å². The Bertz CT molecular complexity index is 590. The zero-order valence-electron chi connectivity index (χ0n) is 11.0. The Kier molecular flexibility index (Phi) is 4.81. The highest BCUT2D eigenvalue weighted by Gasteiger charge is 2.22. The lowest BCUT2D eigenvalue weighted by molar-refractivity contribution is -0.139. The lowest BCUT2D eigenvalue weighted by Gasteiger charge is -2.18. The van der Waals surface area contributed by atoms with Crippen molar-refractivity contribution in [1.82, 2.24) is 5.32 Å². The van der Waals surface area contributed by atoms with Crippen LogP contribution in [0.2, 0.25) is 0 Å². The van der Waals surface area contributed by atoms with E-state index in [0.29, 0.717) is 11.4 Å². The molecule has 0 bridgehead atoms. The van der Waals surface area contributed by atoms with Crippen molar-refractivity contribution in [3.63, 3.8) is 0 Å². The molecule has 0 fully saturated rings. The number of amides is 2. The van der Waals surface area contributed by atoms with Crippen molar-refractivity contribution in [2.24, 2.45) is 0 Å². The number of hydrogen-bond acceptors (Lipinski definition) is 5. The van der Waals surface area contributed by atoms with Crippen LogP contribution in [0.5, 0.6) is 0 Å². The average Bonchev–Trinajstić information content (AvgIpc) is 2.45. The fourth-order valence-electron chi connectivity index (χ4n) is 1.85. The molecular weight excluding hydrogens is 296 g/mol. The molecule has 8 heteroatoms. The Morgan fingerprint density at radius 2 is 2.19 bits per heavy atom. The van der Waals surface area contributed by atoms with E-state index in [1.54, 1.807) is 12.1 Å². The summed E-state index contributed by atoms with van der Waals surface area (Å²) in [5, 5.41) is 22.7. The SMILES string of the molecule is O=C1CSc2ccc(C(=O)N[C@H](CCO)C(=O)O)cc2N1. The Morgan fingerprint density at radius 3 is 2.86 bits per heavy atom. The van der Waals surface area contributed by atoms with Crippen molar-refractivity contribution in [3.8, 4) is 0 Å². The van der Waals surface area contributed by atoms with Gasteiger partial charge in [0, 0.05) is 23.5 Å². The second-order valence-electron chi connectivity index (χ2n) is 4.42. The first-order valence-corrected chi connectivity index (χ1v) is 7.21. The number of carbonyl (C=O) groups is 3. The Hall–Kier alpha value is -2.06. The maximum atomic E-state index is 12.0. The maximum Gasteiger partial charge on any atom is 0.326 e. The first-order chi connectivity index (χ1) is 10.0. The van der Waals surface area contributed by atoms with E-state index < -0.39 is 17.9 Å². The highest BCUT2D eigenvalue weighted by atomic mass is 32.2. The van der Waals surface area contributed by atoms with Gasteiger partial charge in [-0.2, -0.15) is 0 Å². The molecule has 4 N–H and O–H groups in total. The number of aliphatic hydroxyl groups excluding tert-OH is 1. The number of thioether (sulfide) groups is 1. The van der Waals surface area contributed by atoms with Gasteiger partial charge < -0.3 is 20.8 Å². The molecule has 0 saturated carbocycles. The summed E-state index contributed by atoms with van der Waals surface area (Å²) in [5.41, 5.74) is 0.790. The van der Waals surface area contributed by atoms with E-state index in [1.807, 2.05) is 0 Å². The van der Waals surface area contributed by atoms with Gasteiger partial charge in [0.15, 0.2) is 0 Å². The molecule has 1 aromatic rings. The first kappa shape index (κ1) is 15.3. The van der Waals surface area contributed by atoms with Crippen molar-refractivity contribution in [3.05, 3.63) is 23.8 Å². The summed E-state index contributed by atoms with van der Waals surface area (Å²) in [6, 6.07) is 3.63. The van der Waals surface area contributed by atoms with Gasteiger partial charge in [-0.25, -0.2) is 4.79 Å². The van der Waals surface area contributed by atoms with E-state index >= 15 is 0 Å². The van der Waals surface area contributed by atoms with Crippen LogP contribution in [0.1, 0.15) is 16.8 Å². The highest BCUT2D eigenvalue weighted by molar-refractivity contribution is 8.00. The van der Waals surface area contributed by atoms with Gasteiger partial charge in [-0.05, 0) is 18.2 Å². The Balaban J connectivity index is 2.14. The number of hydrogen-bond donors (Lipinski definition) is 4. The molecule has 0 saturated heterocycles. The third-order valence-corrected chi connectivity index (χ3v) is 3.97. The molecule has 2 amide bonds. The van der Waals surface area contributed by atoms with Gasteiger partial charge in [0.2, 0.25) is 5.91 Å². The van der Waals surface area contributed by atoms with Crippen molar-refractivity contribution in [2.75, 3.05) is 17.7 Å². The van der Waals surface area contributed by atoms with E-state index in [1.165, 1.54) is 17.8 Å². The summed E-state index contributed by atoms with van der Waals surface area (Å²) in [5.74, 6) is -1.59. The van der Waals surface area contributed by atoms with Gasteiger partial charge in [0.25, 0.3) is 5.91 Å². The standard InChI is InChI=1S/C13H14N2O5S/c16-4-3-8(13(19)20)15-12(18)7-1-2-10-9(5-7)14-11(17)6-21-10/h1-2,5,8,16H,3-4,6H2,(H,14,17)(H,15,18)(H,19,20)/t8-/m1/s1. The van der Waals surface area contributed by atoms with Crippen LogP contribution >= 0.6 is 11.8 Å². The normalized spacial score (nSPS) is 14.8. The molecule has 1 heterocycles. The third-order valence-electron chi connectivity index (χ3n) is 2.90. The molecule has 2 rings (SSSR count). The predicted octanol–water partition coefficient (Wildman–Crippen LogP) is 0.296. The number of anilines is 1. The first-order valence-electron chi connectivity index (χ1n) is 6.22. The van der Waals surface area contributed by atoms with E-state index in [-0.39, 0.29) is 24.5 Å². The lowest BCUT2D eigenvalue weighted by atomic mass is 10.1. The van der Waals surface area contributed by atoms with Crippen LogP contribution in [-0.2, 0) is 9.59 Å². The fraction of sp³-hybridized carbons (Fsp3) is 0.308. The number of carboxylic acids is 1. The fourth-order valence-corrected chi connectivity index (χ4v) is 2.64. The van der Waals surface area contributed by atoms with Crippen LogP contribution in [0.15, 0.2) is 23.1 Å². The minimum Gasteiger partial charge on any atom is -0.480 e. The largest absolute Gasteiger partial charge is 0.480 e. The number of aliphatic hydroxyl groups is 1. The van der Waals surface area contributed by atoms with E-state index in [2.05, 4.69) is 10.6 Å². The minimum atomic E-state index is -1.21. The average molecular weight is 310 g/mol. The van der Waals surface area contributed by atoms with Crippen molar-refractivity contribution < 1.29 is 24.6 Å².